The molecule has 0 amide bonds. The van der Waals surface area contributed by atoms with Crippen LogP contribution < -0.4 is 4.43 Å². The Morgan fingerprint density at radius 2 is 1.77 bits per heavy atom. The van der Waals surface area contributed by atoms with Crippen LogP contribution in [0.1, 0.15) is 20.8 Å². The maximum absolute atomic E-state index is 14.2. The summed E-state index contributed by atoms with van der Waals surface area (Å²) in [6.45, 7) is 18.8. The number of hydrogen-bond donors (Lipinski definition) is 0. The van der Waals surface area contributed by atoms with Crippen molar-refractivity contribution in [2.75, 3.05) is 6.61 Å². The van der Waals surface area contributed by atoms with Gasteiger partial charge in [-0.1, -0.05) is 40.4 Å². The third-order valence-corrected chi connectivity index (χ3v) is 11.1. The van der Waals surface area contributed by atoms with Gasteiger partial charge < -0.3 is 9.16 Å². The van der Waals surface area contributed by atoms with Gasteiger partial charge >= 0.3 is 0 Å². The quantitative estimate of drug-likeness (QED) is 0.433. The molecule has 0 spiro atoms. The van der Waals surface area contributed by atoms with E-state index in [-0.39, 0.29) is 10.9 Å². The predicted octanol–water partition coefficient (Wildman–Crippen LogP) is 5.87. The van der Waals surface area contributed by atoms with Crippen LogP contribution in [-0.4, -0.2) is 32.8 Å². The zero-order valence-electron chi connectivity index (χ0n) is 17.4. The molecule has 146 valence electrons. The van der Waals surface area contributed by atoms with Crippen LogP contribution in [0.5, 0.6) is 5.75 Å². The molecule has 0 saturated heterocycles. The van der Waals surface area contributed by atoms with Crippen LogP contribution >= 0.6 is 0 Å². The third kappa shape index (κ3) is 5.17. The highest BCUT2D eigenvalue weighted by molar-refractivity contribution is 6.76. The van der Waals surface area contributed by atoms with Crippen molar-refractivity contribution < 1.29 is 13.6 Å². The van der Waals surface area contributed by atoms with Crippen molar-refractivity contribution in [1.82, 2.24) is 9.78 Å². The molecule has 0 aliphatic rings. The summed E-state index contributed by atoms with van der Waals surface area (Å²) >= 11 is 0. The minimum atomic E-state index is -2.06. The monoisotopic (exact) mass is 396 g/mol. The zero-order chi connectivity index (χ0) is 19.8. The van der Waals surface area contributed by atoms with Crippen molar-refractivity contribution in [3.05, 3.63) is 24.1 Å². The van der Waals surface area contributed by atoms with Crippen LogP contribution in [0.15, 0.2) is 18.3 Å². The van der Waals surface area contributed by atoms with Gasteiger partial charge in [-0.25, -0.2) is 9.07 Å². The summed E-state index contributed by atoms with van der Waals surface area (Å²) < 4.78 is 28.1. The molecule has 0 unspecified atom stereocenters. The molecule has 7 heteroatoms. The molecule has 4 nitrogen and oxygen atoms in total. The number of nitrogens with zero attached hydrogens (tertiary/aromatic N) is 2. The van der Waals surface area contributed by atoms with Gasteiger partial charge in [-0.2, -0.15) is 5.10 Å². The molecule has 2 rings (SSSR count). The number of hydrogen-bond acceptors (Lipinski definition) is 3. The number of rotatable bonds is 7. The van der Waals surface area contributed by atoms with E-state index in [1.54, 1.807) is 10.9 Å². The van der Waals surface area contributed by atoms with Crippen molar-refractivity contribution in [2.24, 2.45) is 0 Å². The molecule has 0 aliphatic heterocycles. The molecule has 1 aromatic carbocycles. The van der Waals surface area contributed by atoms with Crippen LogP contribution in [-0.2, 0) is 11.5 Å². The van der Waals surface area contributed by atoms with Crippen molar-refractivity contribution in [2.45, 2.75) is 71.3 Å². The number of aromatic nitrogens is 2. The number of ether oxygens (including phenoxy) is 1. The van der Waals surface area contributed by atoms with E-state index in [0.29, 0.717) is 24.6 Å². The van der Waals surface area contributed by atoms with E-state index in [1.165, 1.54) is 12.1 Å². The lowest BCUT2D eigenvalue weighted by Crippen LogP contribution is -2.43. The van der Waals surface area contributed by atoms with E-state index in [9.17, 15) is 4.39 Å². The summed E-state index contributed by atoms with van der Waals surface area (Å²) in [5.74, 6) is 0.273. The Morgan fingerprint density at radius 1 is 1.12 bits per heavy atom. The van der Waals surface area contributed by atoms with Crippen LogP contribution in [0.2, 0.25) is 43.8 Å². The van der Waals surface area contributed by atoms with Gasteiger partial charge in [-0.3, -0.25) is 0 Å². The Morgan fingerprint density at radius 3 is 2.35 bits per heavy atom. The number of benzene rings is 1. The molecule has 0 N–H and O–H groups in total. The first-order valence-electron chi connectivity index (χ1n) is 9.22. The Bertz CT molecular complexity index is 761. The Kier molecular flexibility index (Phi) is 6.04. The first-order valence-corrected chi connectivity index (χ1v) is 15.8. The summed E-state index contributed by atoms with van der Waals surface area (Å²) in [5, 5.41) is 5.28. The highest BCUT2D eigenvalue weighted by Crippen LogP contribution is 2.39. The molecule has 1 aromatic heterocycles. The second-order valence-corrected chi connectivity index (χ2v) is 20.0. The lowest BCUT2D eigenvalue weighted by Gasteiger charge is -2.36. The van der Waals surface area contributed by atoms with Crippen molar-refractivity contribution in [3.8, 4) is 5.75 Å². The van der Waals surface area contributed by atoms with Gasteiger partial charge in [0.15, 0.2) is 0 Å². The lowest BCUT2D eigenvalue weighted by molar-refractivity contribution is 0.0817. The fourth-order valence-electron chi connectivity index (χ4n) is 2.26. The van der Waals surface area contributed by atoms with Gasteiger partial charge in [0.1, 0.15) is 18.3 Å². The Labute approximate surface area is 158 Å². The molecule has 1 heterocycles. The molecular formula is C19H33FN2O2Si2. The normalized spacial score (nSPS) is 13.4. The molecule has 0 radical (unpaired) electrons. The highest BCUT2D eigenvalue weighted by Gasteiger charge is 2.39. The molecule has 0 bridgehead atoms. The summed E-state index contributed by atoms with van der Waals surface area (Å²) in [7, 11) is -3.18. The van der Waals surface area contributed by atoms with Crippen molar-refractivity contribution in [3.63, 3.8) is 0 Å². The maximum Gasteiger partial charge on any atom is 0.250 e. The second kappa shape index (κ2) is 7.44. The van der Waals surface area contributed by atoms with E-state index >= 15 is 0 Å². The minimum absolute atomic E-state index is 0.0432. The zero-order valence-corrected chi connectivity index (χ0v) is 19.4. The molecule has 26 heavy (non-hydrogen) atoms. The van der Waals surface area contributed by atoms with E-state index in [4.69, 9.17) is 9.16 Å². The Hall–Kier alpha value is -1.19. The predicted molar refractivity (Wildman–Crippen MR) is 112 cm³/mol. The van der Waals surface area contributed by atoms with E-state index in [2.05, 4.69) is 58.6 Å². The third-order valence-electron chi connectivity index (χ3n) is 5.07. The largest absolute Gasteiger partial charge is 0.543 e. The molecule has 0 saturated carbocycles. The standard InChI is InChI=1S/C19H33FN2O2Si2/c1-19(2,3)26(7,8)24-18-12-15(20)11-17-16(18)13-21-22(17)14-23-9-10-25(4,5)6/h11-13H,9-10,14H2,1-8H3. The smallest absolute Gasteiger partial charge is 0.250 e. The SMILES string of the molecule is CC(C)(C)[Si](C)(C)Oc1cc(F)cc2c1cnn2COCC[Si](C)(C)C. The number of halogens is 1. The van der Waals surface area contributed by atoms with Gasteiger partial charge in [-0.15, -0.1) is 0 Å². The second-order valence-electron chi connectivity index (χ2n) is 9.69. The van der Waals surface area contributed by atoms with Crippen molar-refractivity contribution >= 4 is 27.3 Å². The molecule has 0 aliphatic carbocycles. The maximum atomic E-state index is 14.2. The highest BCUT2D eigenvalue weighted by atomic mass is 28.4. The topological polar surface area (TPSA) is 36.3 Å². The van der Waals surface area contributed by atoms with Crippen LogP contribution in [0.4, 0.5) is 4.39 Å². The summed E-state index contributed by atoms with van der Waals surface area (Å²) in [6, 6.07) is 4.07. The lowest BCUT2D eigenvalue weighted by atomic mass is 10.2. The van der Waals surface area contributed by atoms with E-state index < -0.39 is 16.4 Å². The van der Waals surface area contributed by atoms with Gasteiger partial charge in [0.25, 0.3) is 8.32 Å². The first kappa shape index (κ1) is 21.1. The fraction of sp³-hybridized carbons (Fsp3) is 0.632. The summed E-state index contributed by atoms with van der Waals surface area (Å²) in [6.07, 6.45) is 1.75. The van der Waals surface area contributed by atoms with Gasteiger partial charge in [0.2, 0.25) is 0 Å². The Balaban J connectivity index is 2.23. The number of fused-ring (bicyclic) bond motifs is 1. The van der Waals surface area contributed by atoms with Crippen LogP contribution in [0, 0.1) is 5.82 Å². The molecule has 2 aromatic rings. The van der Waals surface area contributed by atoms with Crippen molar-refractivity contribution in [1.29, 1.82) is 0 Å². The first-order chi connectivity index (χ1) is 11.8. The van der Waals surface area contributed by atoms with Gasteiger partial charge in [0.05, 0.1) is 17.1 Å². The summed E-state index contributed by atoms with van der Waals surface area (Å²) in [5.41, 5.74) is 0.715. The molecule has 0 fully saturated rings. The molecule has 0 atom stereocenters. The van der Waals surface area contributed by atoms with E-state index in [0.717, 1.165) is 11.4 Å². The minimum Gasteiger partial charge on any atom is -0.543 e. The van der Waals surface area contributed by atoms with Crippen LogP contribution in [0.25, 0.3) is 10.9 Å². The van der Waals surface area contributed by atoms with E-state index in [1.807, 2.05) is 0 Å². The molecular weight excluding hydrogens is 363 g/mol. The summed E-state index contributed by atoms with van der Waals surface area (Å²) in [4.78, 5) is 0. The average molecular weight is 397 g/mol. The van der Waals surface area contributed by atoms with Gasteiger partial charge in [0, 0.05) is 26.8 Å². The fourth-order valence-corrected chi connectivity index (χ4v) is 4.04. The average Bonchev–Trinajstić information content (AvgIpc) is 2.84. The van der Waals surface area contributed by atoms with Gasteiger partial charge in [-0.05, 0) is 24.2 Å². The van der Waals surface area contributed by atoms with Crippen LogP contribution in [0.3, 0.4) is 0 Å².